The van der Waals surface area contributed by atoms with Gasteiger partial charge >= 0.3 is 0 Å². The molecule has 0 aliphatic rings. The predicted octanol–water partition coefficient (Wildman–Crippen LogP) is 3.23. The van der Waals surface area contributed by atoms with Gasteiger partial charge in [0.2, 0.25) is 0 Å². The first-order valence-electron chi connectivity index (χ1n) is 7.80. The van der Waals surface area contributed by atoms with Crippen LogP contribution in [0.5, 0.6) is 5.75 Å². The molecule has 0 saturated carbocycles. The van der Waals surface area contributed by atoms with Crippen LogP contribution < -0.4 is 15.8 Å². The van der Waals surface area contributed by atoms with Crippen LogP contribution in [0.2, 0.25) is 0 Å². The van der Waals surface area contributed by atoms with E-state index >= 15 is 0 Å². The summed E-state index contributed by atoms with van der Waals surface area (Å²) >= 11 is 0. The number of carbonyl (C=O) groups excluding carboxylic acids is 2. The number of hydrogen-bond acceptors (Lipinski definition) is 3. The van der Waals surface area contributed by atoms with Gasteiger partial charge in [0.05, 0.1) is 5.56 Å². The summed E-state index contributed by atoms with van der Waals surface area (Å²) in [6.45, 7) is 5.85. The fourth-order valence-corrected chi connectivity index (χ4v) is 2.27. The molecule has 2 amide bonds. The Labute approximate surface area is 141 Å². The van der Waals surface area contributed by atoms with Crippen LogP contribution in [-0.4, -0.2) is 18.4 Å². The number of rotatable bonds is 6. The van der Waals surface area contributed by atoms with E-state index in [2.05, 4.69) is 19.2 Å². The second kappa shape index (κ2) is 7.64. The van der Waals surface area contributed by atoms with Crippen LogP contribution >= 0.6 is 0 Å². The Morgan fingerprint density at radius 1 is 1.17 bits per heavy atom. The fraction of sp³-hybridized carbons (Fsp3) is 0.263. The molecule has 0 aliphatic carbocycles. The minimum absolute atomic E-state index is 0.199. The molecule has 0 fully saturated rings. The number of aryl methyl sites for hydroxylation is 1. The van der Waals surface area contributed by atoms with Gasteiger partial charge in [-0.15, -0.1) is 0 Å². The van der Waals surface area contributed by atoms with E-state index in [1.165, 1.54) is 0 Å². The Bertz CT molecular complexity index is 754. The molecule has 0 saturated heterocycles. The lowest BCUT2D eigenvalue weighted by Gasteiger charge is -2.12. The molecule has 0 aromatic heterocycles. The lowest BCUT2D eigenvalue weighted by molar-refractivity contribution is -0.118. The van der Waals surface area contributed by atoms with Gasteiger partial charge in [0, 0.05) is 5.69 Å². The van der Waals surface area contributed by atoms with Gasteiger partial charge in [0.15, 0.2) is 6.61 Å². The number of nitrogens with two attached hydrogens (primary N) is 1. The van der Waals surface area contributed by atoms with Crippen molar-refractivity contribution in [1.82, 2.24) is 0 Å². The third kappa shape index (κ3) is 4.59. The van der Waals surface area contributed by atoms with E-state index in [0.29, 0.717) is 17.4 Å². The van der Waals surface area contributed by atoms with Crippen molar-refractivity contribution >= 4 is 17.5 Å². The molecule has 0 bridgehead atoms. The molecule has 24 heavy (non-hydrogen) atoms. The lowest BCUT2D eigenvalue weighted by atomic mass is 10.0. The molecule has 2 aromatic carbocycles. The maximum atomic E-state index is 12.1. The highest BCUT2D eigenvalue weighted by atomic mass is 16.5. The van der Waals surface area contributed by atoms with E-state index in [0.717, 1.165) is 11.1 Å². The minimum atomic E-state index is -0.588. The second-order valence-electron chi connectivity index (χ2n) is 5.98. The number of nitrogens with one attached hydrogen (secondary N) is 1. The number of carbonyl (C=O) groups is 2. The molecule has 2 aromatic rings. The van der Waals surface area contributed by atoms with Gasteiger partial charge in [0.25, 0.3) is 11.8 Å². The highest BCUT2D eigenvalue weighted by Crippen LogP contribution is 2.21. The zero-order valence-electron chi connectivity index (χ0n) is 14.1. The fourth-order valence-electron chi connectivity index (χ4n) is 2.27. The quantitative estimate of drug-likeness (QED) is 0.855. The Morgan fingerprint density at radius 3 is 2.58 bits per heavy atom. The molecule has 0 radical (unpaired) electrons. The van der Waals surface area contributed by atoms with Gasteiger partial charge in [-0.2, -0.15) is 0 Å². The summed E-state index contributed by atoms with van der Waals surface area (Å²) in [4.78, 5) is 23.5. The van der Waals surface area contributed by atoms with E-state index in [-0.39, 0.29) is 18.1 Å². The van der Waals surface area contributed by atoms with Crippen LogP contribution in [0, 0.1) is 6.92 Å². The van der Waals surface area contributed by atoms with Crippen LogP contribution in [0.4, 0.5) is 5.69 Å². The van der Waals surface area contributed by atoms with Gasteiger partial charge in [0.1, 0.15) is 5.75 Å². The number of anilines is 1. The van der Waals surface area contributed by atoms with Crippen LogP contribution in [0.3, 0.4) is 0 Å². The van der Waals surface area contributed by atoms with Gasteiger partial charge in [-0.3, -0.25) is 9.59 Å². The second-order valence-corrected chi connectivity index (χ2v) is 5.98. The molecular weight excluding hydrogens is 304 g/mol. The van der Waals surface area contributed by atoms with Crippen molar-refractivity contribution in [1.29, 1.82) is 0 Å². The van der Waals surface area contributed by atoms with Gasteiger partial charge in [-0.1, -0.05) is 32.0 Å². The topological polar surface area (TPSA) is 81.4 Å². The van der Waals surface area contributed by atoms with Crippen LogP contribution in [0.15, 0.2) is 42.5 Å². The maximum Gasteiger partial charge on any atom is 0.262 e. The summed E-state index contributed by atoms with van der Waals surface area (Å²) in [6.07, 6.45) is 0. The zero-order valence-corrected chi connectivity index (χ0v) is 14.1. The normalized spacial score (nSPS) is 10.5. The van der Waals surface area contributed by atoms with Gasteiger partial charge < -0.3 is 15.8 Å². The Hall–Kier alpha value is -2.82. The zero-order chi connectivity index (χ0) is 17.7. The Balaban J connectivity index is 2.03. The molecule has 5 heteroatoms. The third-order valence-electron chi connectivity index (χ3n) is 3.60. The summed E-state index contributed by atoms with van der Waals surface area (Å²) in [5.74, 6) is -0.194. The molecule has 0 atom stereocenters. The summed E-state index contributed by atoms with van der Waals surface area (Å²) in [7, 11) is 0. The van der Waals surface area contributed by atoms with Gasteiger partial charge in [-0.25, -0.2) is 0 Å². The third-order valence-corrected chi connectivity index (χ3v) is 3.60. The predicted molar refractivity (Wildman–Crippen MR) is 94.4 cm³/mol. The molecule has 0 heterocycles. The summed E-state index contributed by atoms with van der Waals surface area (Å²) in [6, 6.07) is 12.7. The lowest BCUT2D eigenvalue weighted by Crippen LogP contribution is -2.22. The van der Waals surface area contributed by atoms with Crippen LogP contribution in [0.25, 0.3) is 0 Å². The Morgan fingerprint density at radius 2 is 1.92 bits per heavy atom. The number of primary amides is 1. The molecule has 126 valence electrons. The van der Waals surface area contributed by atoms with Crippen molar-refractivity contribution in [3.05, 3.63) is 59.2 Å². The number of hydrogen-bond donors (Lipinski definition) is 2. The molecule has 0 unspecified atom stereocenters. The molecule has 3 N–H and O–H groups in total. The monoisotopic (exact) mass is 326 g/mol. The Kier molecular flexibility index (Phi) is 5.58. The molecule has 5 nitrogen and oxygen atoms in total. The van der Waals surface area contributed by atoms with E-state index < -0.39 is 5.91 Å². The highest BCUT2D eigenvalue weighted by Gasteiger charge is 2.12. The van der Waals surface area contributed by atoms with Crippen molar-refractivity contribution in [3.8, 4) is 5.75 Å². The van der Waals surface area contributed by atoms with E-state index in [4.69, 9.17) is 10.5 Å². The number of benzene rings is 2. The summed E-state index contributed by atoms with van der Waals surface area (Å²) < 4.78 is 5.48. The van der Waals surface area contributed by atoms with Crippen LogP contribution in [0.1, 0.15) is 41.3 Å². The van der Waals surface area contributed by atoms with Gasteiger partial charge in [-0.05, 0) is 48.2 Å². The summed E-state index contributed by atoms with van der Waals surface area (Å²) in [5.41, 5.74) is 8.36. The average molecular weight is 326 g/mol. The molecule has 0 aliphatic heterocycles. The molecule has 0 spiro atoms. The van der Waals surface area contributed by atoms with E-state index in [1.54, 1.807) is 18.2 Å². The first-order valence-corrected chi connectivity index (χ1v) is 7.80. The minimum Gasteiger partial charge on any atom is -0.483 e. The van der Waals surface area contributed by atoms with Crippen LogP contribution in [-0.2, 0) is 4.79 Å². The largest absolute Gasteiger partial charge is 0.483 e. The van der Waals surface area contributed by atoms with Crippen molar-refractivity contribution in [2.75, 3.05) is 11.9 Å². The number of ether oxygens (including phenoxy) is 1. The van der Waals surface area contributed by atoms with Crippen molar-refractivity contribution in [3.63, 3.8) is 0 Å². The molecular formula is C19H22N2O3. The summed E-state index contributed by atoms with van der Waals surface area (Å²) in [5, 5.41) is 2.79. The smallest absolute Gasteiger partial charge is 0.262 e. The van der Waals surface area contributed by atoms with Crippen molar-refractivity contribution in [2.24, 2.45) is 5.73 Å². The standard InChI is InChI=1S/C19H22N2O3/c1-12(2)14-5-4-6-15(10-14)21-18(22)11-24-17-9-13(3)7-8-16(17)19(20)23/h4-10,12H,11H2,1-3H3,(H2,20,23)(H,21,22). The highest BCUT2D eigenvalue weighted by molar-refractivity contribution is 5.96. The molecule has 2 rings (SSSR count). The first-order chi connectivity index (χ1) is 11.4. The van der Waals surface area contributed by atoms with E-state index in [1.807, 2.05) is 31.2 Å². The van der Waals surface area contributed by atoms with Crippen molar-refractivity contribution < 1.29 is 14.3 Å². The SMILES string of the molecule is Cc1ccc(C(N)=O)c(OCC(=O)Nc2cccc(C(C)C)c2)c1. The maximum absolute atomic E-state index is 12.1. The number of amides is 2. The average Bonchev–Trinajstić information content (AvgIpc) is 2.53. The first kappa shape index (κ1) is 17.5. The van der Waals surface area contributed by atoms with E-state index in [9.17, 15) is 9.59 Å². The van der Waals surface area contributed by atoms with Crippen molar-refractivity contribution in [2.45, 2.75) is 26.7 Å².